The molecule has 2 rings (SSSR count). The van der Waals surface area contributed by atoms with Crippen LogP contribution in [0, 0.1) is 6.92 Å². The molecule has 0 aromatic carbocycles. The Morgan fingerprint density at radius 1 is 1.35 bits per heavy atom. The molecule has 2 N–H and O–H groups in total. The molecule has 0 radical (unpaired) electrons. The largest absolute Gasteiger partial charge is 0.369 e. The van der Waals surface area contributed by atoms with Crippen LogP contribution in [0.15, 0.2) is 16.8 Å². The molecule has 7 nitrogen and oxygen atoms in total. The predicted molar refractivity (Wildman–Crippen MR) is 62.8 cm³/mol. The first-order valence-electron chi connectivity index (χ1n) is 5.32. The summed E-state index contributed by atoms with van der Waals surface area (Å²) in [6, 6.07) is 1.81. The minimum absolute atomic E-state index is 0.587. The van der Waals surface area contributed by atoms with Gasteiger partial charge in [-0.2, -0.15) is 9.97 Å². The van der Waals surface area contributed by atoms with Gasteiger partial charge >= 0.3 is 0 Å². The molecule has 7 heteroatoms. The number of hydrogen-bond donors (Lipinski definition) is 2. The normalized spacial score (nSPS) is 10.2. The van der Waals surface area contributed by atoms with E-state index in [2.05, 4.69) is 30.7 Å². The second-order valence-electron chi connectivity index (χ2n) is 3.43. The molecular weight excluding hydrogens is 220 g/mol. The van der Waals surface area contributed by atoms with Crippen LogP contribution in [0.4, 0.5) is 11.8 Å². The van der Waals surface area contributed by atoms with E-state index in [-0.39, 0.29) is 0 Å². The van der Waals surface area contributed by atoms with Crippen LogP contribution in [-0.4, -0.2) is 33.7 Å². The van der Waals surface area contributed by atoms with Gasteiger partial charge in [0.1, 0.15) is 5.82 Å². The van der Waals surface area contributed by atoms with E-state index in [4.69, 9.17) is 4.52 Å². The van der Waals surface area contributed by atoms with Crippen LogP contribution in [-0.2, 0) is 6.42 Å². The first kappa shape index (κ1) is 11.3. The van der Waals surface area contributed by atoms with E-state index in [1.165, 1.54) is 0 Å². The third-order valence-electron chi connectivity index (χ3n) is 2.09. The number of nitrogens with zero attached hydrogens (tertiary/aromatic N) is 4. The summed E-state index contributed by atoms with van der Waals surface area (Å²) in [4.78, 5) is 12.4. The zero-order valence-corrected chi connectivity index (χ0v) is 9.77. The molecule has 0 amide bonds. The highest BCUT2D eigenvalue weighted by Crippen LogP contribution is 2.05. The monoisotopic (exact) mass is 234 g/mol. The van der Waals surface area contributed by atoms with Gasteiger partial charge < -0.3 is 15.2 Å². The first-order valence-corrected chi connectivity index (χ1v) is 5.32. The lowest BCUT2D eigenvalue weighted by Gasteiger charge is -2.04. The standard InChI is InChI=1S/C10H14N6O/c1-7-14-9(17-16-7)4-6-12-8-3-5-13-10(11-2)15-8/h3,5H,4,6H2,1-2H3,(H2,11,12,13,15). The van der Waals surface area contributed by atoms with Gasteiger partial charge in [0.2, 0.25) is 11.8 Å². The summed E-state index contributed by atoms with van der Waals surface area (Å²) in [6.45, 7) is 2.48. The summed E-state index contributed by atoms with van der Waals surface area (Å²) < 4.78 is 5.00. The van der Waals surface area contributed by atoms with E-state index in [1.807, 2.05) is 0 Å². The highest BCUT2D eigenvalue weighted by atomic mass is 16.5. The van der Waals surface area contributed by atoms with Gasteiger partial charge in [0.05, 0.1) is 0 Å². The van der Waals surface area contributed by atoms with E-state index in [0.29, 0.717) is 30.6 Å². The molecule has 17 heavy (non-hydrogen) atoms. The second kappa shape index (κ2) is 5.24. The molecule has 2 aromatic rings. The molecule has 2 heterocycles. The second-order valence-corrected chi connectivity index (χ2v) is 3.43. The van der Waals surface area contributed by atoms with Crippen molar-refractivity contribution < 1.29 is 4.52 Å². The molecule has 0 unspecified atom stereocenters. The SMILES string of the molecule is CNc1nccc(NCCc2nc(C)no2)n1. The number of nitrogens with one attached hydrogen (secondary N) is 2. The van der Waals surface area contributed by atoms with Crippen LogP contribution in [0.2, 0.25) is 0 Å². The fourth-order valence-corrected chi connectivity index (χ4v) is 1.32. The third-order valence-corrected chi connectivity index (χ3v) is 2.09. The summed E-state index contributed by atoms with van der Waals surface area (Å²) in [6.07, 6.45) is 2.36. The molecule has 0 saturated carbocycles. The molecule has 0 atom stereocenters. The average molecular weight is 234 g/mol. The maximum atomic E-state index is 5.00. The first-order chi connectivity index (χ1) is 8.28. The number of anilines is 2. The molecule has 0 spiro atoms. The zero-order valence-electron chi connectivity index (χ0n) is 9.77. The fraction of sp³-hybridized carbons (Fsp3) is 0.400. The van der Waals surface area contributed by atoms with Crippen molar-refractivity contribution in [2.75, 3.05) is 24.2 Å². The van der Waals surface area contributed by atoms with E-state index < -0.39 is 0 Å². The molecule has 0 fully saturated rings. The number of aryl methyl sites for hydroxylation is 1. The quantitative estimate of drug-likeness (QED) is 0.793. The highest BCUT2D eigenvalue weighted by Gasteiger charge is 2.02. The third kappa shape index (κ3) is 3.13. The van der Waals surface area contributed by atoms with Gasteiger partial charge in [0.25, 0.3) is 0 Å². The van der Waals surface area contributed by atoms with Crippen LogP contribution in [0.25, 0.3) is 0 Å². The van der Waals surface area contributed by atoms with Crippen molar-refractivity contribution in [3.05, 3.63) is 24.0 Å². The van der Waals surface area contributed by atoms with Crippen molar-refractivity contribution in [3.8, 4) is 0 Å². The van der Waals surface area contributed by atoms with E-state index in [1.54, 1.807) is 26.2 Å². The summed E-state index contributed by atoms with van der Waals surface area (Å²) in [5, 5.41) is 9.75. The molecule has 0 bridgehead atoms. The minimum atomic E-state index is 0.587. The Morgan fingerprint density at radius 3 is 2.94 bits per heavy atom. The van der Waals surface area contributed by atoms with Gasteiger partial charge in [-0.15, -0.1) is 0 Å². The Kier molecular flexibility index (Phi) is 3.49. The van der Waals surface area contributed by atoms with Gasteiger partial charge in [-0.1, -0.05) is 5.16 Å². The predicted octanol–water partition coefficient (Wildman–Crippen LogP) is 0.864. The molecule has 0 aliphatic rings. The van der Waals surface area contributed by atoms with Crippen LogP contribution in [0.5, 0.6) is 0 Å². The van der Waals surface area contributed by atoms with Crippen molar-refractivity contribution in [2.45, 2.75) is 13.3 Å². The Labute approximate surface area is 98.7 Å². The summed E-state index contributed by atoms with van der Waals surface area (Å²) in [5.74, 6) is 2.63. The Balaban J connectivity index is 1.85. The van der Waals surface area contributed by atoms with Gasteiger partial charge in [0.15, 0.2) is 5.82 Å². The lowest BCUT2D eigenvalue weighted by Crippen LogP contribution is -2.08. The van der Waals surface area contributed by atoms with Gasteiger partial charge in [-0.25, -0.2) is 4.98 Å². The maximum absolute atomic E-state index is 5.00. The van der Waals surface area contributed by atoms with Gasteiger partial charge in [-0.05, 0) is 13.0 Å². The molecular formula is C10H14N6O. The summed E-state index contributed by atoms with van der Waals surface area (Å²) >= 11 is 0. The molecule has 0 aliphatic heterocycles. The maximum Gasteiger partial charge on any atom is 0.228 e. The highest BCUT2D eigenvalue weighted by molar-refractivity contribution is 5.39. The molecule has 0 aliphatic carbocycles. The number of aromatic nitrogens is 4. The summed E-state index contributed by atoms with van der Waals surface area (Å²) in [7, 11) is 1.78. The number of hydrogen-bond acceptors (Lipinski definition) is 7. The van der Waals surface area contributed by atoms with Gasteiger partial charge in [-0.3, -0.25) is 0 Å². The smallest absolute Gasteiger partial charge is 0.228 e. The lowest BCUT2D eigenvalue weighted by atomic mass is 10.4. The molecule has 2 aromatic heterocycles. The number of rotatable bonds is 5. The topological polar surface area (TPSA) is 88.8 Å². The van der Waals surface area contributed by atoms with E-state index in [9.17, 15) is 0 Å². The summed E-state index contributed by atoms with van der Waals surface area (Å²) in [5.41, 5.74) is 0. The fourth-order valence-electron chi connectivity index (χ4n) is 1.32. The van der Waals surface area contributed by atoms with Crippen molar-refractivity contribution in [1.29, 1.82) is 0 Å². The average Bonchev–Trinajstić information content (AvgIpc) is 2.75. The van der Waals surface area contributed by atoms with Crippen LogP contribution in [0.1, 0.15) is 11.7 Å². The molecule has 0 saturated heterocycles. The van der Waals surface area contributed by atoms with Crippen LogP contribution < -0.4 is 10.6 Å². The Hall–Kier alpha value is -2.18. The Morgan fingerprint density at radius 2 is 2.24 bits per heavy atom. The van der Waals surface area contributed by atoms with Crippen molar-refractivity contribution in [1.82, 2.24) is 20.1 Å². The van der Waals surface area contributed by atoms with E-state index >= 15 is 0 Å². The van der Waals surface area contributed by atoms with Gasteiger partial charge in [0, 0.05) is 26.2 Å². The lowest BCUT2D eigenvalue weighted by molar-refractivity contribution is 0.377. The van der Waals surface area contributed by atoms with E-state index in [0.717, 1.165) is 5.82 Å². The zero-order chi connectivity index (χ0) is 12.1. The van der Waals surface area contributed by atoms with Crippen LogP contribution in [0.3, 0.4) is 0 Å². The minimum Gasteiger partial charge on any atom is -0.369 e. The Bertz CT molecular complexity index is 483. The van der Waals surface area contributed by atoms with Crippen LogP contribution >= 0.6 is 0 Å². The van der Waals surface area contributed by atoms with Crippen molar-refractivity contribution >= 4 is 11.8 Å². The molecule has 90 valence electrons. The van der Waals surface area contributed by atoms with Crippen molar-refractivity contribution in [3.63, 3.8) is 0 Å². The van der Waals surface area contributed by atoms with Crippen molar-refractivity contribution in [2.24, 2.45) is 0 Å².